The summed E-state index contributed by atoms with van der Waals surface area (Å²) in [6, 6.07) is 21.3. The lowest BCUT2D eigenvalue weighted by Gasteiger charge is -2.29. The van der Waals surface area contributed by atoms with Gasteiger partial charge in [0.15, 0.2) is 11.2 Å². The zero-order valence-corrected chi connectivity index (χ0v) is 20.1. The molecule has 0 fully saturated rings. The third kappa shape index (κ3) is 4.71. The Morgan fingerprint density at radius 2 is 1.73 bits per heavy atom. The maximum Gasteiger partial charge on any atom is 0.337 e. The monoisotopic (exact) mass is 492 g/mol. The number of aromatic amines is 1. The van der Waals surface area contributed by atoms with Crippen molar-refractivity contribution in [1.29, 1.82) is 0 Å². The second kappa shape index (κ2) is 10.1. The summed E-state index contributed by atoms with van der Waals surface area (Å²) in [5, 5.41) is 1.98. The fourth-order valence-corrected chi connectivity index (χ4v) is 4.70. The molecule has 1 amide bonds. The van der Waals surface area contributed by atoms with Crippen molar-refractivity contribution in [3.05, 3.63) is 130 Å². The van der Waals surface area contributed by atoms with Crippen molar-refractivity contribution in [3.63, 3.8) is 0 Å². The van der Waals surface area contributed by atoms with Crippen LogP contribution in [0.15, 0.2) is 102 Å². The zero-order valence-electron chi connectivity index (χ0n) is 20.1. The summed E-state index contributed by atoms with van der Waals surface area (Å²) in [6.45, 7) is 0.0702. The Bertz CT molecular complexity index is 1590. The second-order valence-corrected chi connectivity index (χ2v) is 8.85. The maximum atomic E-state index is 13.8. The van der Waals surface area contributed by atoms with Crippen molar-refractivity contribution in [2.24, 2.45) is 0 Å². The molecule has 5 rings (SSSR count). The molecular weight excluding hydrogens is 468 g/mol. The highest BCUT2D eigenvalue weighted by Crippen LogP contribution is 2.33. The van der Waals surface area contributed by atoms with Crippen LogP contribution in [0.5, 0.6) is 0 Å². The predicted octanol–water partition coefficient (Wildman–Crippen LogP) is 4.42. The third-order valence-corrected chi connectivity index (χ3v) is 6.67. The van der Waals surface area contributed by atoms with Gasteiger partial charge < -0.3 is 14.6 Å². The van der Waals surface area contributed by atoms with E-state index in [0.717, 1.165) is 16.3 Å². The number of methoxy groups -OCH3 is 1. The fourth-order valence-electron chi connectivity index (χ4n) is 4.70. The summed E-state index contributed by atoms with van der Waals surface area (Å²) >= 11 is 0. The van der Waals surface area contributed by atoms with Gasteiger partial charge in [-0.25, -0.2) is 4.79 Å². The number of aromatic nitrogens is 1. The third-order valence-electron chi connectivity index (χ3n) is 6.67. The smallest absolute Gasteiger partial charge is 0.337 e. The molecular formula is C30H24N2O5. The van der Waals surface area contributed by atoms with Gasteiger partial charge in [0.2, 0.25) is 5.91 Å². The van der Waals surface area contributed by atoms with E-state index in [0.29, 0.717) is 11.1 Å². The summed E-state index contributed by atoms with van der Waals surface area (Å²) in [4.78, 5) is 55.5. The number of nitrogens with one attached hydrogen (secondary N) is 1. The maximum absolute atomic E-state index is 13.8. The Hall–Kier alpha value is -4.78. The average molecular weight is 493 g/mol. The molecule has 1 aromatic heterocycles. The zero-order chi connectivity index (χ0) is 25.9. The van der Waals surface area contributed by atoms with Crippen molar-refractivity contribution < 1.29 is 19.1 Å². The first kappa shape index (κ1) is 23.9. The van der Waals surface area contributed by atoms with E-state index in [9.17, 15) is 19.2 Å². The Balaban J connectivity index is 1.53. The number of nitrogens with zero attached hydrogens (tertiary/aromatic N) is 1. The summed E-state index contributed by atoms with van der Waals surface area (Å²) in [5.74, 6) is -1.82. The molecule has 0 saturated carbocycles. The first-order valence-corrected chi connectivity index (χ1v) is 11.8. The molecule has 184 valence electrons. The minimum absolute atomic E-state index is 0.0410. The number of esters is 1. The lowest BCUT2D eigenvalue weighted by atomic mass is 9.88. The number of ketones is 1. The van der Waals surface area contributed by atoms with E-state index in [-0.39, 0.29) is 29.2 Å². The van der Waals surface area contributed by atoms with Crippen LogP contribution >= 0.6 is 0 Å². The number of hydrogen-bond donors (Lipinski definition) is 1. The normalized spacial score (nSPS) is 15.6. The van der Waals surface area contributed by atoms with E-state index in [1.165, 1.54) is 31.6 Å². The van der Waals surface area contributed by atoms with Crippen LogP contribution in [0.1, 0.15) is 43.8 Å². The number of benzene rings is 3. The number of rotatable bonds is 7. The molecule has 2 unspecified atom stereocenters. The summed E-state index contributed by atoms with van der Waals surface area (Å²) in [6.07, 6.45) is 6.14. The number of Topliss-reactive ketones (excluding diaryl/α,β-unsaturated/α-hetero) is 1. The van der Waals surface area contributed by atoms with Crippen LogP contribution in [0.25, 0.3) is 10.8 Å². The molecule has 7 heteroatoms. The average Bonchev–Trinajstić information content (AvgIpc) is 3.30. The number of amides is 1. The molecule has 0 saturated heterocycles. The van der Waals surface area contributed by atoms with Crippen LogP contribution in [-0.2, 0) is 9.53 Å². The standard InChI is InChI=1S/C30H24N2O5/c1-37-30(36)21-9-7-20(8-10-21)26-12-13-28(34)32(26)18-25(29(35)24-17-31-15-14-27(24)33)23-11-6-19-4-2-3-5-22(19)16-23/h2-17,25-26H,18H2,1H3,(H,31,33). The van der Waals surface area contributed by atoms with Gasteiger partial charge in [-0.15, -0.1) is 0 Å². The van der Waals surface area contributed by atoms with E-state index in [2.05, 4.69) is 4.98 Å². The lowest BCUT2D eigenvalue weighted by Crippen LogP contribution is -2.36. The molecule has 7 nitrogen and oxygen atoms in total. The highest BCUT2D eigenvalue weighted by atomic mass is 16.5. The van der Waals surface area contributed by atoms with Crippen molar-refractivity contribution in [2.45, 2.75) is 12.0 Å². The van der Waals surface area contributed by atoms with Crippen LogP contribution in [-0.4, -0.2) is 41.2 Å². The van der Waals surface area contributed by atoms with Crippen LogP contribution < -0.4 is 5.43 Å². The minimum Gasteiger partial charge on any atom is -0.465 e. The van der Waals surface area contributed by atoms with E-state index < -0.39 is 17.9 Å². The van der Waals surface area contributed by atoms with E-state index in [4.69, 9.17) is 4.74 Å². The molecule has 2 atom stereocenters. The van der Waals surface area contributed by atoms with E-state index >= 15 is 0 Å². The molecule has 2 heterocycles. The van der Waals surface area contributed by atoms with Crippen LogP contribution in [0.4, 0.5) is 0 Å². The van der Waals surface area contributed by atoms with Gasteiger partial charge in [-0.1, -0.05) is 60.7 Å². The number of hydrogen-bond acceptors (Lipinski definition) is 5. The van der Waals surface area contributed by atoms with Gasteiger partial charge >= 0.3 is 5.97 Å². The van der Waals surface area contributed by atoms with Crippen LogP contribution in [0, 0.1) is 0 Å². The topological polar surface area (TPSA) is 96.5 Å². The van der Waals surface area contributed by atoms with Gasteiger partial charge in [-0.3, -0.25) is 14.4 Å². The van der Waals surface area contributed by atoms with Crippen molar-refractivity contribution in [3.8, 4) is 0 Å². The molecule has 37 heavy (non-hydrogen) atoms. The number of fused-ring (bicyclic) bond motifs is 1. The van der Waals surface area contributed by atoms with Gasteiger partial charge in [0, 0.05) is 31.1 Å². The second-order valence-electron chi connectivity index (χ2n) is 8.85. The van der Waals surface area contributed by atoms with Crippen LogP contribution in [0.2, 0.25) is 0 Å². The molecule has 3 aromatic carbocycles. The Morgan fingerprint density at radius 1 is 0.973 bits per heavy atom. The number of ether oxygens (including phenoxy) is 1. The van der Waals surface area contributed by atoms with Gasteiger partial charge in [0.25, 0.3) is 0 Å². The SMILES string of the molecule is COC(=O)c1ccc(C2C=CC(=O)N2CC(C(=O)c2c[nH]ccc2=O)c2ccc3ccccc3c2)cc1. The summed E-state index contributed by atoms with van der Waals surface area (Å²) in [7, 11) is 1.32. The summed E-state index contributed by atoms with van der Waals surface area (Å²) < 4.78 is 4.77. The van der Waals surface area contributed by atoms with E-state index in [1.807, 2.05) is 42.5 Å². The molecule has 1 aliphatic heterocycles. The Morgan fingerprint density at radius 3 is 2.46 bits per heavy atom. The van der Waals surface area contributed by atoms with Gasteiger partial charge in [-0.05, 0) is 34.0 Å². The highest BCUT2D eigenvalue weighted by molar-refractivity contribution is 6.02. The molecule has 1 aliphatic rings. The van der Waals surface area contributed by atoms with Gasteiger partial charge in [0.05, 0.1) is 30.2 Å². The number of carbonyl (C=O) groups is 3. The van der Waals surface area contributed by atoms with E-state index in [1.54, 1.807) is 35.2 Å². The highest BCUT2D eigenvalue weighted by Gasteiger charge is 2.34. The van der Waals surface area contributed by atoms with Crippen molar-refractivity contribution in [2.75, 3.05) is 13.7 Å². The number of carbonyl (C=O) groups excluding carboxylic acids is 3. The van der Waals surface area contributed by atoms with Crippen LogP contribution in [0.3, 0.4) is 0 Å². The van der Waals surface area contributed by atoms with Crippen molar-refractivity contribution in [1.82, 2.24) is 9.88 Å². The minimum atomic E-state index is -0.770. The molecule has 0 radical (unpaired) electrons. The number of H-pyrrole nitrogens is 1. The van der Waals surface area contributed by atoms with Gasteiger partial charge in [0.1, 0.15) is 0 Å². The molecule has 0 aliphatic carbocycles. The first-order valence-electron chi connectivity index (χ1n) is 11.8. The largest absolute Gasteiger partial charge is 0.465 e. The predicted molar refractivity (Wildman–Crippen MR) is 139 cm³/mol. The van der Waals surface area contributed by atoms with Gasteiger partial charge in [-0.2, -0.15) is 0 Å². The molecule has 4 aromatic rings. The quantitative estimate of drug-likeness (QED) is 0.304. The van der Waals surface area contributed by atoms with Crippen molar-refractivity contribution >= 4 is 28.4 Å². The Labute approximate surface area is 213 Å². The molecule has 0 spiro atoms. The Kier molecular flexibility index (Phi) is 6.51. The number of pyridine rings is 1. The molecule has 0 bridgehead atoms. The first-order chi connectivity index (χ1) is 18.0. The molecule has 1 N–H and O–H groups in total. The lowest BCUT2D eigenvalue weighted by molar-refractivity contribution is -0.126. The fraction of sp³-hybridized carbons (Fsp3) is 0.133. The summed E-state index contributed by atoms with van der Waals surface area (Å²) in [5.41, 5.74) is 1.57.